The van der Waals surface area contributed by atoms with Crippen LogP contribution in [0.2, 0.25) is 0 Å². The summed E-state index contributed by atoms with van der Waals surface area (Å²) in [4.78, 5) is 2.48. The molecule has 4 heteroatoms. The molecule has 0 aliphatic carbocycles. The van der Waals surface area contributed by atoms with Crippen LogP contribution in [0.25, 0.3) is 0 Å². The Morgan fingerprint density at radius 1 is 1.10 bits per heavy atom. The lowest BCUT2D eigenvalue weighted by Gasteiger charge is -2.26. The molecule has 0 amide bonds. The normalized spacial score (nSPS) is 15.9. The number of rotatable bonds is 8. The minimum Gasteiger partial charge on any atom is -0.493 e. The third-order valence-electron chi connectivity index (χ3n) is 3.85. The highest BCUT2D eigenvalue weighted by molar-refractivity contribution is 5.40. The van der Waals surface area contributed by atoms with Gasteiger partial charge in [-0.2, -0.15) is 0 Å². The number of hydrogen-bond acceptors (Lipinski definition) is 4. The van der Waals surface area contributed by atoms with Crippen LogP contribution in [-0.4, -0.2) is 37.7 Å². The predicted octanol–water partition coefficient (Wildman–Crippen LogP) is 2.80. The summed E-state index contributed by atoms with van der Waals surface area (Å²) in [6.07, 6.45) is 5.00. The first kappa shape index (κ1) is 16.1. The second kappa shape index (κ2) is 8.90. The second-order valence-electron chi connectivity index (χ2n) is 5.57. The Kier molecular flexibility index (Phi) is 6.83. The van der Waals surface area contributed by atoms with Crippen LogP contribution in [0.4, 0.5) is 0 Å². The first-order chi connectivity index (χ1) is 10.3. The Labute approximate surface area is 128 Å². The number of benzene rings is 1. The van der Waals surface area contributed by atoms with E-state index in [4.69, 9.17) is 15.2 Å². The highest BCUT2D eigenvalue weighted by atomic mass is 16.5. The minimum atomic E-state index is 0.493. The third-order valence-corrected chi connectivity index (χ3v) is 3.85. The molecule has 0 atom stereocenters. The van der Waals surface area contributed by atoms with Gasteiger partial charge in [-0.25, -0.2) is 0 Å². The van der Waals surface area contributed by atoms with Crippen LogP contribution in [0.1, 0.15) is 38.2 Å². The molecule has 1 saturated heterocycles. The lowest BCUT2D eigenvalue weighted by molar-refractivity contribution is 0.182. The summed E-state index contributed by atoms with van der Waals surface area (Å²) in [5, 5.41) is 0. The summed E-state index contributed by atoms with van der Waals surface area (Å²) in [7, 11) is 0. The van der Waals surface area contributed by atoms with E-state index in [0.29, 0.717) is 13.2 Å². The molecule has 1 aromatic rings. The number of hydrogen-bond donors (Lipinski definition) is 1. The zero-order valence-corrected chi connectivity index (χ0v) is 13.1. The van der Waals surface area contributed by atoms with Crippen LogP contribution < -0.4 is 15.2 Å². The van der Waals surface area contributed by atoms with Gasteiger partial charge in [0.05, 0.1) is 6.61 Å². The van der Waals surface area contributed by atoms with Crippen molar-refractivity contribution in [1.82, 2.24) is 4.90 Å². The Bertz CT molecular complexity index is 417. The zero-order valence-electron chi connectivity index (χ0n) is 13.1. The number of nitrogens with two attached hydrogens (primary N) is 1. The van der Waals surface area contributed by atoms with Crippen LogP contribution in [0, 0.1) is 0 Å². The first-order valence-corrected chi connectivity index (χ1v) is 8.14. The fourth-order valence-electron chi connectivity index (χ4n) is 2.62. The lowest BCUT2D eigenvalue weighted by atomic mass is 10.1. The summed E-state index contributed by atoms with van der Waals surface area (Å²) >= 11 is 0. The molecular weight excluding hydrogens is 264 g/mol. The van der Waals surface area contributed by atoms with E-state index in [1.807, 2.05) is 18.2 Å². The molecule has 1 fully saturated rings. The topological polar surface area (TPSA) is 47.7 Å². The van der Waals surface area contributed by atoms with E-state index in [-0.39, 0.29) is 0 Å². The van der Waals surface area contributed by atoms with Gasteiger partial charge in [0, 0.05) is 24.7 Å². The number of ether oxygens (including phenoxy) is 2. The summed E-state index contributed by atoms with van der Waals surface area (Å²) in [5.41, 5.74) is 6.82. The Balaban J connectivity index is 1.87. The molecule has 2 N–H and O–H groups in total. The second-order valence-corrected chi connectivity index (χ2v) is 5.57. The van der Waals surface area contributed by atoms with Crippen molar-refractivity contribution in [2.24, 2.45) is 5.73 Å². The molecule has 4 nitrogen and oxygen atoms in total. The van der Waals surface area contributed by atoms with Crippen molar-refractivity contribution in [3.8, 4) is 11.5 Å². The average Bonchev–Trinajstić information content (AvgIpc) is 2.54. The zero-order chi connectivity index (χ0) is 14.9. The standard InChI is InChI=1S/C17H28N2O2/c1-2-11-20-16-7-6-15(14-18)17(13-16)21-12-10-19-8-4-3-5-9-19/h6-7,13H,2-5,8-12,14,18H2,1H3. The summed E-state index contributed by atoms with van der Waals surface area (Å²) in [6.45, 7) is 7.43. The predicted molar refractivity (Wildman–Crippen MR) is 85.9 cm³/mol. The molecule has 2 rings (SSSR count). The molecule has 1 heterocycles. The molecule has 1 aliphatic rings. The monoisotopic (exact) mass is 292 g/mol. The van der Waals surface area contributed by atoms with Crippen LogP contribution >= 0.6 is 0 Å². The van der Waals surface area contributed by atoms with Gasteiger partial charge in [0.15, 0.2) is 0 Å². The molecule has 0 spiro atoms. The molecule has 118 valence electrons. The molecule has 1 aromatic carbocycles. The maximum Gasteiger partial charge on any atom is 0.127 e. The van der Waals surface area contributed by atoms with Gasteiger partial charge in [0.25, 0.3) is 0 Å². The van der Waals surface area contributed by atoms with E-state index in [9.17, 15) is 0 Å². The van der Waals surface area contributed by atoms with Crippen molar-refractivity contribution in [3.63, 3.8) is 0 Å². The van der Waals surface area contributed by atoms with Gasteiger partial charge in [-0.05, 0) is 38.4 Å². The van der Waals surface area contributed by atoms with Crippen molar-refractivity contribution in [2.45, 2.75) is 39.2 Å². The van der Waals surface area contributed by atoms with Gasteiger partial charge < -0.3 is 15.2 Å². The van der Waals surface area contributed by atoms with E-state index in [1.165, 1.54) is 32.4 Å². The van der Waals surface area contributed by atoms with Gasteiger partial charge in [0.2, 0.25) is 0 Å². The Morgan fingerprint density at radius 3 is 2.62 bits per heavy atom. The average molecular weight is 292 g/mol. The Hall–Kier alpha value is -1.26. The lowest BCUT2D eigenvalue weighted by Crippen LogP contribution is -2.33. The van der Waals surface area contributed by atoms with Crippen LogP contribution in [0.3, 0.4) is 0 Å². The number of likely N-dealkylation sites (tertiary alicyclic amines) is 1. The van der Waals surface area contributed by atoms with Gasteiger partial charge >= 0.3 is 0 Å². The fourth-order valence-corrected chi connectivity index (χ4v) is 2.62. The van der Waals surface area contributed by atoms with Crippen molar-refractivity contribution < 1.29 is 9.47 Å². The highest BCUT2D eigenvalue weighted by Gasteiger charge is 2.10. The van der Waals surface area contributed by atoms with Crippen molar-refractivity contribution in [2.75, 3.05) is 32.8 Å². The van der Waals surface area contributed by atoms with Crippen molar-refractivity contribution >= 4 is 0 Å². The summed E-state index contributed by atoms with van der Waals surface area (Å²) in [5.74, 6) is 1.73. The molecule has 0 saturated carbocycles. The van der Waals surface area contributed by atoms with Gasteiger partial charge in [-0.15, -0.1) is 0 Å². The highest BCUT2D eigenvalue weighted by Crippen LogP contribution is 2.25. The smallest absolute Gasteiger partial charge is 0.127 e. The first-order valence-electron chi connectivity index (χ1n) is 8.14. The van der Waals surface area contributed by atoms with E-state index < -0.39 is 0 Å². The quantitative estimate of drug-likeness (QED) is 0.800. The molecule has 0 bridgehead atoms. The maximum atomic E-state index is 5.95. The van der Waals surface area contributed by atoms with Gasteiger partial charge in [-0.3, -0.25) is 4.90 Å². The van der Waals surface area contributed by atoms with E-state index in [0.717, 1.165) is 36.6 Å². The molecule has 21 heavy (non-hydrogen) atoms. The maximum absolute atomic E-state index is 5.95. The van der Waals surface area contributed by atoms with E-state index in [2.05, 4.69) is 11.8 Å². The fraction of sp³-hybridized carbons (Fsp3) is 0.647. The van der Waals surface area contributed by atoms with Gasteiger partial charge in [0.1, 0.15) is 18.1 Å². The van der Waals surface area contributed by atoms with E-state index >= 15 is 0 Å². The molecular formula is C17H28N2O2. The number of piperidine rings is 1. The minimum absolute atomic E-state index is 0.493. The van der Waals surface area contributed by atoms with Crippen molar-refractivity contribution in [3.05, 3.63) is 23.8 Å². The van der Waals surface area contributed by atoms with Gasteiger partial charge in [-0.1, -0.05) is 19.4 Å². The SMILES string of the molecule is CCCOc1ccc(CN)c(OCCN2CCCCC2)c1. The van der Waals surface area contributed by atoms with Crippen molar-refractivity contribution in [1.29, 1.82) is 0 Å². The Morgan fingerprint density at radius 2 is 1.90 bits per heavy atom. The molecule has 1 aliphatic heterocycles. The van der Waals surface area contributed by atoms with Crippen LogP contribution in [-0.2, 0) is 6.54 Å². The number of nitrogens with zero attached hydrogens (tertiary/aromatic N) is 1. The summed E-state index contributed by atoms with van der Waals surface area (Å²) < 4.78 is 11.6. The molecule has 0 aromatic heterocycles. The largest absolute Gasteiger partial charge is 0.493 e. The van der Waals surface area contributed by atoms with Crippen LogP contribution in [0.5, 0.6) is 11.5 Å². The molecule has 0 unspecified atom stereocenters. The van der Waals surface area contributed by atoms with E-state index in [1.54, 1.807) is 0 Å². The van der Waals surface area contributed by atoms with Crippen LogP contribution in [0.15, 0.2) is 18.2 Å². The molecule has 0 radical (unpaired) electrons. The summed E-state index contributed by atoms with van der Waals surface area (Å²) in [6, 6.07) is 5.94. The third kappa shape index (κ3) is 5.21.